The van der Waals surface area contributed by atoms with E-state index in [1.165, 1.54) is 19.2 Å². The summed E-state index contributed by atoms with van der Waals surface area (Å²) in [6.07, 6.45) is 2.04. The molecule has 1 fully saturated rings. The highest BCUT2D eigenvalue weighted by molar-refractivity contribution is 6.33. The molecule has 0 atom stereocenters. The zero-order valence-electron chi connectivity index (χ0n) is 16.8. The topological polar surface area (TPSA) is 93.9 Å². The highest BCUT2D eigenvalue weighted by Crippen LogP contribution is 2.29. The Morgan fingerprint density at radius 3 is 2.61 bits per heavy atom. The van der Waals surface area contributed by atoms with E-state index in [9.17, 15) is 9.59 Å². The minimum Gasteiger partial charge on any atom is -0.496 e. The lowest BCUT2D eigenvalue weighted by Crippen LogP contribution is -2.40. The number of carbonyl (C=O) groups is 2. The average molecular weight is 412 g/mol. The second kappa shape index (κ2) is 10.5. The van der Waals surface area contributed by atoms with E-state index < -0.39 is 5.97 Å². The SMILES string of the molecule is COc1cc(N)c(Cl)cc1C(=O)OCCN1CCC(CNC(=O)C(C)C)CC1. The minimum atomic E-state index is -0.481. The fourth-order valence-electron chi connectivity index (χ4n) is 3.11. The molecule has 1 heterocycles. The summed E-state index contributed by atoms with van der Waals surface area (Å²) in [6.45, 7) is 7.34. The summed E-state index contributed by atoms with van der Waals surface area (Å²) < 4.78 is 10.6. The zero-order chi connectivity index (χ0) is 20.7. The lowest BCUT2D eigenvalue weighted by molar-refractivity contribution is -0.124. The largest absolute Gasteiger partial charge is 0.496 e. The van der Waals surface area contributed by atoms with Crippen molar-refractivity contribution in [3.8, 4) is 5.75 Å². The van der Waals surface area contributed by atoms with Gasteiger partial charge in [0.2, 0.25) is 5.91 Å². The molecular weight excluding hydrogens is 382 g/mol. The Balaban J connectivity index is 1.73. The van der Waals surface area contributed by atoms with Crippen molar-refractivity contribution in [3.63, 3.8) is 0 Å². The number of piperidine rings is 1. The van der Waals surface area contributed by atoms with Crippen molar-refractivity contribution in [1.82, 2.24) is 10.2 Å². The van der Waals surface area contributed by atoms with Crippen molar-refractivity contribution in [2.24, 2.45) is 11.8 Å². The number of ether oxygens (including phenoxy) is 2. The fourth-order valence-corrected chi connectivity index (χ4v) is 3.27. The lowest BCUT2D eigenvalue weighted by Gasteiger charge is -2.31. The molecule has 0 saturated carbocycles. The van der Waals surface area contributed by atoms with E-state index in [0.29, 0.717) is 35.5 Å². The number of nitrogen functional groups attached to an aromatic ring is 1. The molecule has 0 aliphatic carbocycles. The first-order valence-corrected chi connectivity index (χ1v) is 9.99. The number of esters is 1. The van der Waals surface area contributed by atoms with Gasteiger partial charge in [-0.3, -0.25) is 9.69 Å². The molecule has 1 saturated heterocycles. The van der Waals surface area contributed by atoms with Crippen LogP contribution in [-0.2, 0) is 9.53 Å². The second-order valence-electron chi connectivity index (χ2n) is 7.39. The number of anilines is 1. The van der Waals surface area contributed by atoms with Crippen LogP contribution in [0.2, 0.25) is 5.02 Å². The smallest absolute Gasteiger partial charge is 0.342 e. The van der Waals surface area contributed by atoms with E-state index in [1.54, 1.807) is 0 Å². The Morgan fingerprint density at radius 1 is 1.32 bits per heavy atom. The number of nitrogens with one attached hydrogen (secondary N) is 1. The second-order valence-corrected chi connectivity index (χ2v) is 7.80. The maximum Gasteiger partial charge on any atom is 0.342 e. The number of methoxy groups -OCH3 is 1. The molecular formula is C20H30ClN3O4. The maximum atomic E-state index is 12.3. The van der Waals surface area contributed by atoms with E-state index in [0.717, 1.165) is 32.5 Å². The van der Waals surface area contributed by atoms with Gasteiger partial charge in [-0.25, -0.2) is 4.79 Å². The molecule has 1 amide bonds. The van der Waals surface area contributed by atoms with Gasteiger partial charge < -0.3 is 20.5 Å². The number of hydrogen-bond donors (Lipinski definition) is 2. The summed E-state index contributed by atoms with van der Waals surface area (Å²) in [6, 6.07) is 2.98. The number of rotatable bonds is 8. The molecule has 1 aliphatic rings. The van der Waals surface area contributed by atoms with Crippen LogP contribution < -0.4 is 15.8 Å². The number of amides is 1. The molecule has 1 aromatic carbocycles. The Kier molecular flexibility index (Phi) is 8.38. The molecule has 8 heteroatoms. The van der Waals surface area contributed by atoms with Gasteiger partial charge in [-0.1, -0.05) is 25.4 Å². The first-order valence-electron chi connectivity index (χ1n) is 9.62. The molecule has 28 heavy (non-hydrogen) atoms. The molecule has 0 spiro atoms. The van der Waals surface area contributed by atoms with Gasteiger partial charge in [0.15, 0.2) is 0 Å². The van der Waals surface area contributed by atoms with Crippen LogP contribution in [-0.4, -0.2) is 56.7 Å². The Bertz CT molecular complexity index is 688. The third-order valence-electron chi connectivity index (χ3n) is 4.98. The summed E-state index contributed by atoms with van der Waals surface area (Å²) >= 11 is 6.00. The van der Waals surface area contributed by atoms with E-state index in [2.05, 4.69) is 10.2 Å². The van der Waals surface area contributed by atoms with Gasteiger partial charge in [0.25, 0.3) is 0 Å². The first kappa shape index (κ1) is 22.3. The molecule has 156 valence electrons. The van der Waals surface area contributed by atoms with Crippen molar-refractivity contribution < 1.29 is 19.1 Å². The number of likely N-dealkylation sites (tertiary alicyclic amines) is 1. The quantitative estimate of drug-likeness (QED) is 0.504. The van der Waals surface area contributed by atoms with Crippen molar-refractivity contribution in [1.29, 1.82) is 0 Å². The molecule has 0 radical (unpaired) electrons. The minimum absolute atomic E-state index is 0.0179. The van der Waals surface area contributed by atoms with Crippen molar-refractivity contribution in [3.05, 3.63) is 22.7 Å². The molecule has 7 nitrogen and oxygen atoms in total. The van der Waals surface area contributed by atoms with Gasteiger partial charge in [0.1, 0.15) is 17.9 Å². The summed E-state index contributed by atoms with van der Waals surface area (Å²) in [5.41, 5.74) is 6.35. The summed E-state index contributed by atoms with van der Waals surface area (Å²) in [4.78, 5) is 26.3. The number of hydrogen-bond acceptors (Lipinski definition) is 6. The fraction of sp³-hybridized carbons (Fsp3) is 0.600. The third kappa shape index (κ3) is 6.27. The van der Waals surface area contributed by atoms with Crippen LogP contribution >= 0.6 is 11.6 Å². The summed E-state index contributed by atoms with van der Waals surface area (Å²) in [5.74, 6) is 0.487. The number of carbonyl (C=O) groups excluding carboxylic acids is 2. The van der Waals surface area contributed by atoms with E-state index in [-0.39, 0.29) is 17.4 Å². The van der Waals surface area contributed by atoms with Crippen LogP contribution in [0, 0.1) is 11.8 Å². The molecule has 2 rings (SSSR count). The van der Waals surface area contributed by atoms with E-state index in [4.69, 9.17) is 26.8 Å². The Hall–Kier alpha value is -1.99. The van der Waals surface area contributed by atoms with Crippen LogP contribution in [0.15, 0.2) is 12.1 Å². The number of halogens is 1. The van der Waals surface area contributed by atoms with Gasteiger partial charge >= 0.3 is 5.97 Å². The van der Waals surface area contributed by atoms with Gasteiger partial charge in [-0.2, -0.15) is 0 Å². The molecule has 1 aromatic rings. The number of nitrogens with two attached hydrogens (primary N) is 1. The van der Waals surface area contributed by atoms with E-state index >= 15 is 0 Å². The molecule has 3 N–H and O–H groups in total. The average Bonchev–Trinajstić information content (AvgIpc) is 2.68. The van der Waals surface area contributed by atoms with Crippen LogP contribution in [0.4, 0.5) is 5.69 Å². The Morgan fingerprint density at radius 2 is 2.00 bits per heavy atom. The van der Waals surface area contributed by atoms with Crippen LogP contribution in [0.3, 0.4) is 0 Å². The monoisotopic (exact) mass is 411 g/mol. The van der Waals surface area contributed by atoms with Gasteiger partial charge in [0.05, 0.1) is 17.8 Å². The standard InChI is InChI=1S/C20H30ClN3O4/c1-13(2)19(25)23-12-14-4-6-24(7-5-14)8-9-28-20(26)15-10-16(21)17(22)11-18(15)27-3/h10-11,13-14H,4-9,12,22H2,1-3H3,(H,23,25). The number of benzene rings is 1. The number of nitrogens with zero attached hydrogens (tertiary/aromatic N) is 1. The third-order valence-corrected chi connectivity index (χ3v) is 5.30. The predicted molar refractivity (Wildman–Crippen MR) is 110 cm³/mol. The van der Waals surface area contributed by atoms with Gasteiger partial charge in [-0.15, -0.1) is 0 Å². The van der Waals surface area contributed by atoms with Crippen LogP contribution in [0.25, 0.3) is 0 Å². The predicted octanol–water partition coefficient (Wildman–Crippen LogP) is 2.57. The summed E-state index contributed by atoms with van der Waals surface area (Å²) in [7, 11) is 1.47. The van der Waals surface area contributed by atoms with Crippen molar-refractivity contribution >= 4 is 29.2 Å². The highest BCUT2D eigenvalue weighted by atomic mass is 35.5. The van der Waals surface area contributed by atoms with Crippen molar-refractivity contribution in [2.75, 3.05) is 45.6 Å². The zero-order valence-corrected chi connectivity index (χ0v) is 17.6. The highest BCUT2D eigenvalue weighted by Gasteiger charge is 2.21. The van der Waals surface area contributed by atoms with Gasteiger partial charge in [-0.05, 0) is 37.9 Å². The molecule has 0 bridgehead atoms. The van der Waals surface area contributed by atoms with Crippen LogP contribution in [0.5, 0.6) is 5.75 Å². The van der Waals surface area contributed by atoms with Gasteiger partial charge in [0, 0.05) is 25.1 Å². The maximum absolute atomic E-state index is 12.3. The Labute approximate surface area is 171 Å². The lowest BCUT2D eigenvalue weighted by atomic mass is 9.96. The molecule has 0 unspecified atom stereocenters. The summed E-state index contributed by atoms with van der Waals surface area (Å²) in [5, 5.41) is 3.29. The molecule has 1 aliphatic heterocycles. The van der Waals surface area contributed by atoms with Crippen molar-refractivity contribution in [2.45, 2.75) is 26.7 Å². The molecule has 0 aromatic heterocycles. The normalized spacial score (nSPS) is 15.5. The van der Waals surface area contributed by atoms with Crippen LogP contribution in [0.1, 0.15) is 37.0 Å². The van der Waals surface area contributed by atoms with E-state index in [1.807, 2.05) is 13.8 Å². The first-order chi connectivity index (χ1) is 13.3.